The molecule has 0 aliphatic heterocycles. The van der Waals surface area contributed by atoms with Gasteiger partial charge in [-0.25, -0.2) is 0 Å². The molecule has 1 fully saturated rings. The number of hydrogen-bond donors (Lipinski definition) is 1. The van der Waals surface area contributed by atoms with Gasteiger partial charge < -0.3 is 5.32 Å². The SMILES string of the molecule is C#CCCNC(C)C1CCCC1. The van der Waals surface area contributed by atoms with Crippen molar-refractivity contribution in [3.05, 3.63) is 0 Å². The molecular formula is C11H19N. The van der Waals surface area contributed by atoms with Crippen LogP contribution in [0.15, 0.2) is 0 Å². The molecule has 1 atom stereocenters. The van der Waals surface area contributed by atoms with E-state index < -0.39 is 0 Å². The number of nitrogens with one attached hydrogen (secondary N) is 1. The maximum atomic E-state index is 5.18. The summed E-state index contributed by atoms with van der Waals surface area (Å²) in [5.74, 6) is 3.56. The van der Waals surface area contributed by atoms with E-state index in [1.807, 2.05) is 0 Å². The molecule has 1 heteroatoms. The third-order valence-electron chi connectivity index (χ3n) is 2.84. The lowest BCUT2D eigenvalue weighted by Crippen LogP contribution is -2.32. The molecular weight excluding hydrogens is 146 g/mol. The fourth-order valence-electron chi connectivity index (χ4n) is 2.00. The van der Waals surface area contributed by atoms with Crippen LogP contribution in [0.3, 0.4) is 0 Å². The average molecular weight is 165 g/mol. The van der Waals surface area contributed by atoms with E-state index in [1.165, 1.54) is 25.7 Å². The molecule has 1 saturated carbocycles. The third kappa shape index (κ3) is 2.87. The zero-order valence-corrected chi connectivity index (χ0v) is 7.97. The first-order valence-electron chi connectivity index (χ1n) is 5.01. The second-order valence-corrected chi connectivity index (χ2v) is 3.74. The third-order valence-corrected chi connectivity index (χ3v) is 2.84. The van der Waals surface area contributed by atoms with Gasteiger partial charge in [-0.3, -0.25) is 0 Å². The summed E-state index contributed by atoms with van der Waals surface area (Å²) in [6, 6.07) is 0.667. The Bertz CT molecular complexity index is 151. The van der Waals surface area contributed by atoms with Crippen molar-refractivity contribution in [2.75, 3.05) is 6.54 Å². The smallest absolute Gasteiger partial charge is 0.0211 e. The quantitative estimate of drug-likeness (QED) is 0.497. The Hall–Kier alpha value is -0.480. The highest BCUT2D eigenvalue weighted by atomic mass is 14.9. The van der Waals surface area contributed by atoms with E-state index in [2.05, 4.69) is 18.2 Å². The molecule has 0 bridgehead atoms. The normalized spacial score (nSPS) is 20.7. The summed E-state index contributed by atoms with van der Waals surface area (Å²) in [6.07, 6.45) is 11.7. The van der Waals surface area contributed by atoms with Crippen LogP contribution in [-0.2, 0) is 0 Å². The maximum Gasteiger partial charge on any atom is 0.0211 e. The van der Waals surface area contributed by atoms with E-state index >= 15 is 0 Å². The molecule has 12 heavy (non-hydrogen) atoms. The first kappa shape index (κ1) is 9.61. The fourth-order valence-corrected chi connectivity index (χ4v) is 2.00. The molecule has 0 saturated heterocycles. The van der Waals surface area contributed by atoms with E-state index in [0.29, 0.717) is 6.04 Å². The minimum atomic E-state index is 0.667. The van der Waals surface area contributed by atoms with Crippen molar-refractivity contribution >= 4 is 0 Å². The lowest BCUT2D eigenvalue weighted by molar-refractivity contribution is 0.385. The predicted octanol–water partition coefficient (Wildman–Crippen LogP) is 2.18. The van der Waals surface area contributed by atoms with Gasteiger partial charge in [0.25, 0.3) is 0 Å². The molecule has 0 amide bonds. The van der Waals surface area contributed by atoms with Gasteiger partial charge in [0.05, 0.1) is 0 Å². The summed E-state index contributed by atoms with van der Waals surface area (Å²) < 4.78 is 0. The number of hydrogen-bond acceptors (Lipinski definition) is 1. The van der Waals surface area contributed by atoms with Crippen LogP contribution >= 0.6 is 0 Å². The van der Waals surface area contributed by atoms with Crippen molar-refractivity contribution in [2.24, 2.45) is 5.92 Å². The minimum Gasteiger partial charge on any atom is -0.313 e. The Kier molecular flexibility index (Phi) is 4.18. The second kappa shape index (κ2) is 5.22. The molecule has 0 spiro atoms. The molecule has 0 heterocycles. The molecule has 0 aromatic rings. The molecule has 1 nitrogen and oxygen atoms in total. The largest absolute Gasteiger partial charge is 0.313 e. The monoisotopic (exact) mass is 165 g/mol. The summed E-state index contributed by atoms with van der Waals surface area (Å²) in [5, 5.41) is 3.48. The topological polar surface area (TPSA) is 12.0 Å². The van der Waals surface area contributed by atoms with Crippen molar-refractivity contribution in [2.45, 2.75) is 45.1 Å². The lowest BCUT2D eigenvalue weighted by Gasteiger charge is -2.19. The van der Waals surface area contributed by atoms with Crippen molar-refractivity contribution in [1.82, 2.24) is 5.32 Å². The molecule has 1 aliphatic carbocycles. The number of rotatable bonds is 4. The Labute approximate surface area is 75.9 Å². The highest BCUT2D eigenvalue weighted by molar-refractivity contribution is 4.85. The molecule has 1 N–H and O–H groups in total. The van der Waals surface area contributed by atoms with E-state index in [9.17, 15) is 0 Å². The maximum absolute atomic E-state index is 5.18. The van der Waals surface area contributed by atoms with E-state index in [-0.39, 0.29) is 0 Å². The van der Waals surface area contributed by atoms with Crippen LogP contribution in [0.5, 0.6) is 0 Å². The van der Waals surface area contributed by atoms with Crippen LogP contribution in [-0.4, -0.2) is 12.6 Å². The van der Waals surface area contributed by atoms with E-state index in [4.69, 9.17) is 6.42 Å². The Morgan fingerprint density at radius 1 is 1.50 bits per heavy atom. The second-order valence-electron chi connectivity index (χ2n) is 3.74. The van der Waals surface area contributed by atoms with Gasteiger partial charge in [0, 0.05) is 19.0 Å². The highest BCUT2D eigenvalue weighted by Crippen LogP contribution is 2.27. The van der Waals surface area contributed by atoms with Gasteiger partial charge >= 0.3 is 0 Å². The van der Waals surface area contributed by atoms with Crippen LogP contribution < -0.4 is 5.32 Å². The van der Waals surface area contributed by atoms with Gasteiger partial charge in [0.2, 0.25) is 0 Å². The molecule has 68 valence electrons. The summed E-state index contributed by atoms with van der Waals surface area (Å²) >= 11 is 0. The first-order valence-corrected chi connectivity index (χ1v) is 5.01. The van der Waals surface area contributed by atoms with Crippen molar-refractivity contribution < 1.29 is 0 Å². The van der Waals surface area contributed by atoms with Crippen molar-refractivity contribution in [3.8, 4) is 12.3 Å². The Morgan fingerprint density at radius 2 is 2.17 bits per heavy atom. The molecule has 1 unspecified atom stereocenters. The Balaban J connectivity index is 2.10. The van der Waals surface area contributed by atoms with Crippen LogP contribution in [0, 0.1) is 18.3 Å². The van der Waals surface area contributed by atoms with Crippen molar-refractivity contribution in [1.29, 1.82) is 0 Å². The van der Waals surface area contributed by atoms with Crippen LogP contribution in [0.1, 0.15) is 39.0 Å². The molecule has 0 aromatic heterocycles. The van der Waals surface area contributed by atoms with Crippen LogP contribution in [0.4, 0.5) is 0 Å². The predicted molar refractivity (Wildman–Crippen MR) is 52.9 cm³/mol. The molecule has 1 rings (SSSR count). The minimum absolute atomic E-state index is 0.667. The molecule has 0 aromatic carbocycles. The van der Waals surface area contributed by atoms with Gasteiger partial charge in [-0.2, -0.15) is 0 Å². The average Bonchev–Trinajstić information content (AvgIpc) is 2.56. The summed E-state index contributed by atoms with van der Waals surface area (Å²) in [6.45, 7) is 3.26. The highest BCUT2D eigenvalue weighted by Gasteiger charge is 2.20. The Morgan fingerprint density at radius 3 is 2.75 bits per heavy atom. The zero-order valence-electron chi connectivity index (χ0n) is 7.97. The lowest BCUT2D eigenvalue weighted by atomic mass is 10.00. The van der Waals surface area contributed by atoms with Crippen LogP contribution in [0.2, 0.25) is 0 Å². The molecule has 1 aliphatic rings. The fraction of sp³-hybridized carbons (Fsp3) is 0.818. The summed E-state index contributed by atoms with van der Waals surface area (Å²) in [4.78, 5) is 0. The van der Waals surface area contributed by atoms with Gasteiger partial charge in [0.15, 0.2) is 0 Å². The summed E-state index contributed by atoms with van der Waals surface area (Å²) in [5.41, 5.74) is 0. The van der Waals surface area contributed by atoms with E-state index in [1.54, 1.807) is 0 Å². The van der Waals surface area contributed by atoms with Crippen LogP contribution in [0.25, 0.3) is 0 Å². The van der Waals surface area contributed by atoms with Gasteiger partial charge in [-0.05, 0) is 25.7 Å². The van der Waals surface area contributed by atoms with Crippen molar-refractivity contribution in [3.63, 3.8) is 0 Å². The first-order chi connectivity index (χ1) is 5.84. The molecule has 0 radical (unpaired) electrons. The van der Waals surface area contributed by atoms with Gasteiger partial charge in [-0.15, -0.1) is 12.3 Å². The zero-order chi connectivity index (χ0) is 8.81. The van der Waals surface area contributed by atoms with Gasteiger partial charge in [-0.1, -0.05) is 12.8 Å². The summed E-state index contributed by atoms with van der Waals surface area (Å²) in [7, 11) is 0. The van der Waals surface area contributed by atoms with Gasteiger partial charge in [0.1, 0.15) is 0 Å². The van der Waals surface area contributed by atoms with E-state index in [0.717, 1.165) is 18.9 Å². The standard InChI is InChI=1S/C11H19N/c1-3-4-9-12-10(2)11-7-5-6-8-11/h1,10-12H,4-9H2,2H3. The number of terminal acetylenes is 1.